The molecule has 1 rings (SSSR count). The van der Waals surface area contributed by atoms with Crippen LogP contribution in [0.2, 0.25) is 0 Å². The zero-order valence-electron chi connectivity index (χ0n) is 11.3. The fourth-order valence-electron chi connectivity index (χ4n) is 2.11. The first-order valence-electron chi connectivity index (χ1n) is 6.72. The number of hydrogen-bond acceptors (Lipinski definition) is 2. The van der Waals surface area contributed by atoms with Gasteiger partial charge in [0.05, 0.1) is 6.61 Å². The molecule has 1 aromatic rings. The van der Waals surface area contributed by atoms with Crippen LogP contribution in [0.15, 0.2) is 24.3 Å². The van der Waals surface area contributed by atoms with Gasteiger partial charge in [0.1, 0.15) is 5.75 Å². The second-order valence-corrected chi connectivity index (χ2v) is 4.31. The van der Waals surface area contributed by atoms with E-state index in [1.165, 1.54) is 31.2 Å². The Morgan fingerprint density at radius 2 is 1.94 bits per heavy atom. The zero-order valence-corrected chi connectivity index (χ0v) is 11.3. The summed E-state index contributed by atoms with van der Waals surface area (Å²) >= 11 is 0. The minimum Gasteiger partial charge on any atom is -0.494 e. The Bertz CT molecular complexity index is 312. The predicted molar refractivity (Wildman–Crippen MR) is 73.6 cm³/mol. The van der Waals surface area contributed by atoms with Gasteiger partial charge in [-0.05, 0) is 26.5 Å². The fraction of sp³-hybridized carbons (Fsp3) is 0.600. The van der Waals surface area contributed by atoms with Crippen molar-refractivity contribution in [3.05, 3.63) is 29.8 Å². The molecule has 0 aromatic heterocycles. The normalized spacial score (nSPS) is 12.4. The summed E-state index contributed by atoms with van der Waals surface area (Å²) in [5.74, 6) is 1.02. The molecule has 1 unspecified atom stereocenters. The van der Waals surface area contributed by atoms with Crippen molar-refractivity contribution in [2.45, 2.75) is 45.6 Å². The molecule has 0 bridgehead atoms. The van der Waals surface area contributed by atoms with Gasteiger partial charge in [-0.15, -0.1) is 0 Å². The first-order valence-corrected chi connectivity index (χ1v) is 6.72. The van der Waals surface area contributed by atoms with Gasteiger partial charge in [0, 0.05) is 11.6 Å². The summed E-state index contributed by atoms with van der Waals surface area (Å²) in [6.07, 6.45) is 5.01. The largest absolute Gasteiger partial charge is 0.494 e. The highest BCUT2D eigenvalue weighted by molar-refractivity contribution is 5.35. The van der Waals surface area contributed by atoms with E-state index in [9.17, 15) is 0 Å². The molecular weight excluding hydrogens is 210 g/mol. The number of hydrogen-bond donors (Lipinski definition) is 1. The van der Waals surface area contributed by atoms with Crippen LogP contribution in [-0.2, 0) is 0 Å². The maximum Gasteiger partial charge on any atom is 0.124 e. The number of rotatable bonds is 8. The van der Waals surface area contributed by atoms with Gasteiger partial charge >= 0.3 is 0 Å². The maximum absolute atomic E-state index is 5.69. The topological polar surface area (TPSA) is 21.3 Å². The SMILES string of the molecule is CCCCCC(NC)c1ccccc1OCC. The predicted octanol–water partition coefficient (Wildman–Crippen LogP) is 3.93. The van der Waals surface area contributed by atoms with Crippen LogP contribution in [0.4, 0.5) is 0 Å². The lowest BCUT2D eigenvalue weighted by Gasteiger charge is -2.19. The summed E-state index contributed by atoms with van der Waals surface area (Å²) in [5.41, 5.74) is 1.29. The van der Waals surface area contributed by atoms with Gasteiger partial charge in [-0.3, -0.25) is 0 Å². The van der Waals surface area contributed by atoms with E-state index in [1.54, 1.807) is 0 Å². The van der Waals surface area contributed by atoms with Gasteiger partial charge in [-0.25, -0.2) is 0 Å². The maximum atomic E-state index is 5.69. The summed E-state index contributed by atoms with van der Waals surface area (Å²) in [6, 6.07) is 8.75. The number of benzene rings is 1. The van der Waals surface area contributed by atoms with E-state index in [0.29, 0.717) is 6.04 Å². The van der Waals surface area contributed by atoms with E-state index >= 15 is 0 Å². The molecule has 2 heteroatoms. The lowest BCUT2D eigenvalue weighted by molar-refractivity contribution is 0.330. The number of para-hydroxylation sites is 1. The van der Waals surface area contributed by atoms with Crippen molar-refractivity contribution < 1.29 is 4.74 Å². The highest BCUT2D eigenvalue weighted by Gasteiger charge is 2.13. The van der Waals surface area contributed by atoms with E-state index in [2.05, 4.69) is 30.4 Å². The Morgan fingerprint density at radius 3 is 2.59 bits per heavy atom. The van der Waals surface area contributed by atoms with Crippen molar-refractivity contribution in [2.24, 2.45) is 0 Å². The molecule has 0 radical (unpaired) electrons. The van der Waals surface area contributed by atoms with E-state index < -0.39 is 0 Å². The molecule has 0 spiro atoms. The molecule has 96 valence electrons. The molecule has 2 nitrogen and oxygen atoms in total. The highest BCUT2D eigenvalue weighted by atomic mass is 16.5. The van der Waals surface area contributed by atoms with Crippen LogP contribution >= 0.6 is 0 Å². The van der Waals surface area contributed by atoms with E-state index in [4.69, 9.17) is 4.74 Å². The van der Waals surface area contributed by atoms with Gasteiger partial charge in [0.15, 0.2) is 0 Å². The Kier molecular flexibility index (Phi) is 6.71. The first kappa shape index (κ1) is 14.0. The van der Waals surface area contributed by atoms with Gasteiger partial charge in [0.2, 0.25) is 0 Å². The molecule has 1 N–H and O–H groups in total. The molecule has 0 heterocycles. The minimum absolute atomic E-state index is 0.407. The molecule has 0 aliphatic heterocycles. The third kappa shape index (κ3) is 4.39. The number of ether oxygens (including phenoxy) is 1. The molecule has 0 amide bonds. The standard InChI is InChI=1S/C15H25NO/c1-4-6-7-11-14(16-3)13-10-8-9-12-15(13)17-5-2/h8-10,12,14,16H,4-7,11H2,1-3H3. The number of nitrogens with one attached hydrogen (secondary N) is 1. The Morgan fingerprint density at radius 1 is 1.18 bits per heavy atom. The van der Waals surface area contributed by atoms with Crippen LogP contribution in [0.25, 0.3) is 0 Å². The Balaban J connectivity index is 2.72. The summed E-state index contributed by atoms with van der Waals surface area (Å²) < 4.78 is 5.69. The van der Waals surface area contributed by atoms with Gasteiger partial charge in [0.25, 0.3) is 0 Å². The smallest absolute Gasteiger partial charge is 0.124 e. The number of unbranched alkanes of at least 4 members (excludes halogenated alkanes) is 2. The van der Waals surface area contributed by atoms with Crippen molar-refractivity contribution in [3.8, 4) is 5.75 Å². The quantitative estimate of drug-likeness (QED) is 0.689. The monoisotopic (exact) mass is 235 g/mol. The van der Waals surface area contributed by atoms with E-state index in [0.717, 1.165) is 12.4 Å². The molecule has 1 atom stereocenters. The minimum atomic E-state index is 0.407. The van der Waals surface area contributed by atoms with Crippen LogP contribution in [-0.4, -0.2) is 13.7 Å². The third-order valence-electron chi connectivity index (χ3n) is 3.04. The molecule has 0 aliphatic carbocycles. The summed E-state index contributed by atoms with van der Waals surface area (Å²) in [7, 11) is 2.03. The highest BCUT2D eigenvalue weighted by Crippen LogP contribution is 2.28. The lowest BCUT2D eigenvalue weighted by Crippen LogP contribution is -2.17. The van der Waals surface area contributed by atoms with Crippen molar-refractivity contribution in [1.82, 2.24) is 5.32 Å². The zero-order chi connectivity index (χ0) is 12.5. The Hall–Kier alpha value is -1.02. The van der Waals surface area contributed by atoms with Crippen LogP contribution in [0, 0.1) is 0 Å². The first-order chi connectivity index (χ1) is 8.33. The molecule has 0 saturated heterocycles. The summed E-state index contributed by atoms with van der Waals surface area (Å²) in [5, 5.41) is 3.40. The van der Waals surface area contributed by atoms with Gasteiger partial charge in [-0.2, -0.15) is 0 Å². The summed E-state index contributed by atoms with van der Waals surface area (Å²) in [6.45, 7) is 4.99. The summed E-state index contributed by atoms with van der Waals surface area (Å²) in [4.78, 5) is 0. The van der Waals surface area contributed by atoms with Crippen LogP contribution < -0.4 is 10.1 Å². The lowest BCUT2D eigenvalue weighted by atomic mass is 10.00. The molecular formula is C15H25NO. The average Bonchev–Trinajstić information content (AvgIpc) is 2.36. The Labute approximate surface area is 105 Å². The van der Waals surface area contributed by atoms with Crippen LogP contribution in [0.1, 0.15) is 51.1 Å². The van der Waals surface area contributed by atoms with Gasteiger partial charge in [-0.1, -0.05) is 44.4 Å². The van der Waals surface area contributed by atoms with Crippen LogP contribution in [0.3, 0.4) is 0 Å². The fourth-order valence-corrected chi connectivity index (χ4v) is 2.11. The average molecular weight is 235 g/mol. The third-order valence-corrected chi connectivity index (χ3v) is 3.04. The molecule has 0 saturated carbocycles. The van der Waals surface area contributed by atoms with Crippen molar-refractivity contribution in [3.63, 3.8) is 0 Å². The molecule has 0 aliphatic rings. The molecule has 1 aromatic carbocycles. The van der Waals surface area contributed by atoms with E-state index in [1.807, 2.05) is 20.0 Å². The van der Waals surface area contributed by atoms with E-state index in [-0.39, 0.29) is 0 Å². The van der Waals surface area contributed by atoms with Crippen LogP contribution in [0.5, 0.6) is 5.75 Å². The van der Waals surface area contributed by atoms with Gasteiger partial charge < -0.3 is 10.1 Å². The second kappa shape index (κ2) is 8.13. The van der Waals surface area contributed by atoms with Crippen molar-refractivity contribution >= 4 is 0 Å². The molecule has 17 heavy (non-hydrogen) atoms. The van der Waals surface area contributed by atoms with Crippen molar-refractivity contribution in [2.75, 3.05) is 13.7 Å². The van der Waals surface area contributed by atoms with Crippen molar-refractivity contribution in [1.29, 1.82) is 0 Å². The second-order valence-electron chi connectivity index (χ2n) is 4.31. The molecule has 0 fully saturated rings.